The van der Waals surface area contributed by atoms with E-state index in [4.69, 9.17) is 15.3 Å². The summed E-state index contributed by atoms with van der Waals surface area (Å²) in [6, 6.07) is 11.1. The van der Waals surface area contributed by atoms with Gasteiger partial charge in [-0.25, -0.2) is 5.43 Å². The average molecular weight is 259 g/mol. The Labute approximate surface area is 112 Å². The smallest absolute Gasteiger partial charge is 0.142 e. The first-order chi connectivity index (χ1) is 9.30. The summed E-state index contributed by atoms with van der Waals surface area (Å²) in [5.74, 6) is 7.15. The Hall–Kier alpha value is -2.11. The fraction of sp³-hybridized carbons (Fsp3) is 0.214. The molecule has 0 spiro atoms. The highest BCUT2D eigenvalue weighted by Crippen LogP contribution is 2.28. The summed E-state index contributed by atoms with van der Waals surface area (Å²) in [7, 11) is 3.25. The van der Waals surface area contributed by atoms with Crippen molar-refractivity contribution < 1.29 is 9.47 Å². The molecule has 1 heterocycles. The molecule has 19 heavy (non-hydrogen) atoms. The summed E-state index contributed by atoms with van der Waals surface area (Å²) in [6.45, 7) is 0. The standard InChI is InChI=1S/C14H17N3O2/c1-18-11-7-5-10(6-8-11)13(17-15)14-12(19-2)4-3-9-16-14/h3-9,13,17H,15H2,1-2H3. The fourth-order valence-electron chi connectivity index (χ4n) is 1.92. The number of nitrogens with two attached hydrogens (primary N) is 1. The second-order valence-corrected chi connectivity index (χ2v) is 3.96. The highest BCUT2D eigenvalue weighted by Gasteiger charge is 2.18. The van der Waals surface area contributed by atoms with E-state index in [1.54, 1.807) is 20.4 Å². The number of nitrogens with zero attached hydrogens (tertiary/aromatic N) is 1. The third-order valence-electron chi connectivity index (χ3n) is 2.91. The number of rotatable bonds is 5. The Morgan fingerprint density at radius 3 is 2.42 bits per heavy atom. The largest absolute Gasteiger partial charge is 0.497 e. The number of methoxy groups -OCH3 is 2. The fourth-order valence-corrected chi connectivity index (χ4v) is 1.92. The van der Waals surface area contributed by atoms with Gasteiger partial charge in [0.05, 0.1) is 20.3 Å². The minimum Gasteiger partial charge on any atom is -0.497 e. The second-order valence-electron chi connectivity index (χ2n) is 3.96. The van der Waals surface area contributed by atoms with Gasteiger partial charge in [0.2, 0.25) is 0 Å². The molecule has 0 aliphatic rings. The Morgan fingerprint density at radius 1 is 1.11 bits per heavy atom. The molecule has 0 saturated heterocycles. The van der Waals surface area contributed by atoms with Crippen LogP contribution in [0.2, 0.25) is 0 Å². The molecule has 0 bridgehead atoms. The Kier molecular flexibility index (Phi) is 4.33. The summed E-state index contributed by atoms with van der Waals surface area (Å²) in [4.78, 5) is 4.34. The van der Waals surface area contributed by atoms with Crippen molar-refractivity contribution in [3.8, 4) is 11.5 Å². The third kappa shape index (κ3) is 2.83. The van der Waals surface area contributed by atoms with Crippen LogP contribution in [0.3, 0.4) is 0 Å². The lowest BCUT2D eigenvalue weighted by Crippen LogP contribution is -2.29. The van der Waals surface area contributed by atoms with E-state index in [9.17, 15) is 0 Å². The van der Waals surface area contributed by atoms with Crippen LogP contribution in [0.5, 0.6) is 11.5 Å². The highest BCUT2D eigenvalue weighted by molar-refractivity contribution is 5.38. The van der Waals surface area contributed by atoms with Gasteiger partial charge in [0, 0.05) is 6.20 Å². The van der Waals surface area contributed by atoms with Crippen LogP contribution >= 0.6 is 0 Å². The normalized spacial score (nSPS) is 11.9. The van der Waals surface area contributed by atoms with Crippen molar-refractivity contribution in [2.45, 2.75) is 6.04 Å². The summed E-state index contributed by atoms with van der Waals surface area (Å²) in [6.07, 6.45) is 1.71. The van der Waals surface area contributed by atoms with Gasteiger partial charge in [0.25, 0.3) is 0 Å². The van der Waals surface area contributed by atoms with Crippen LogP contribution in [-0.4, -0.2) is 19.2 Å². The van der Waals surface area contributed by atoms with E-state index >= 15 is 0 Å². The van der Waals surface area contributed by atoms with E-state index in [1.807, 2.05) is 36.4 Å². The third-order valence-corrected chi connectivity index (χ3v) is 2.91. The van der Waals surface area contributed by atoms with Crippen molar-refractivity contribution in [3.05, 3.63) is 53.9 Å². The van der Waals surface area contributed by atoms with Crippen molar-refractivity contribution in [2.24, 2.45) is 5.84 Å². The molecule has 0 saturated carbocycles. The van der Waals surface area contributed by atoms with E-state index in [1.165, 1.54) is 0 Å². The van der Waals surface area contributed by atoms with Gasteiger partial charge in [-0.3, -0.25) is 10.8 Å². The van der Waals surface area contributed by atoms with E-state index in [-0.39, 0.29) is 6.04 Å². The average Bonchev–Trinajstić information content (AvgIpc) is 2.49. The lowest BCUT2D eigenvalue weighted by Gasteiger charge is -2.18. The van der Waals surface area contributed by atoms with Crippen molar-refractivity contribution in [3.63, 3.8) is 0 Å². The molecule has 1 aromatic heterocycles. The first-order valence-corrected chi connectivity index (χ1v) is 5.89. The first-order valence-electron chi connectivity index (χ1n) is 5.89. The summed E-state index contributed by atoms with van der Waals surface area (Å²) in [5.41, 5.74) is 4.50. The molecule has 5 nitrogen and oxygen atoms in total. The molecule has 5 heteroatoms. The summed E-state index contributed by atoms with van der Waals surface area (Å²) < 4.78 is 10.5. The van der Waals surface area contributed by atoms with Crippen LogP contribution < -0.4 is 20.7 Å². The number of nitrogens with one attached hydrogen (secondary N) is 1. The molecule has 1 atom stereocenters. The summed E-state index contributed by atoms with van der Waals surface area (Å²) >= 11 is 0. The second kappa shape index (κ2) is 6.17. The number of hydrogen-bond donors (Lipinski definition) is 2. The van der Waals surface area contributed by atoms with Gasteiger partial charge in [-0.2, -0.15) is 0 Å². The predicted molar refractivity (Wildman–Crippen MR) is 72.9 cm³/mol. The number of hydrazine groups is 1. The van der Waals surface area contributed by atoms with E-state index in [0.29, 0.717) is 5.75 Å². The SMILES string of the molecule is COc1ccc(C(NN)c2ncccc2OC)cc1. The van der Waals surface area contributed by atoms with Gasteiger partial charge < -0.3 is 9.47 Å². The molecular weight excluding hydrogens is 242 g/mol. The quantitative estimate of drug-likeness (QED) is 0.631. The van der Waals surface area contributed by atoms with Crippen molar-refractivity contribution >= 4 is 0 Å². The molecule has 0 aliphatic carbocycles. The minimum absolute atomic E-state index is 0.234. The van der Waals surface area contributed by atoms with Crippen LogP contribution in [0.25, 0.3) is 0 Å². The molecule has 1 unspecified atom stereocenters. The van der Waals surface area contributed by atoms with Crippen molar-refractivity contribution in [1.82, 2.24) is 10.4 Å². The van der Waals surface area contributed by atoms with Gasteiger partial charge >= 0.3 is 0 Å². The molecule has 100 valence electrons. The topological polar surface area (TPSA) is 69.4 Å². The monoisotopic (exact) mass is 259 g/mol. The predicted octanol–water partition coefficient (Wildman–Crippen LogP) is 1.65. The first kappa shape index (κ1) is 13.3. The molecule has 2 rings (SSSR count). The van der Waals surface area contributed by atoms with E-state index in [0.717, 1.165) is 17.0 Å². The van der Waals surface area contributed by atoms with Gasteiger partial charge in [-0.1, -0.05) is 12.1 Å². The highest BCUT2D eigenvalue weighted by atomic mass is 16.5. The lowest BCUT2D eigenvalue weighted by atomic mass is 10.0. The minimum atomic E-state index is -0.234. The van der Waals surface area contributed by atoms with E-state index in [2.05, 4.69) is 10.4 Å². The maximum Gasteiger partial charge on any atom is 0.142 e. The molecule has 0 aliphatic heterocycles. The number of benzene rings is 1. The molecule has 3 N–H and O–H groups in total. The number of pyridine rings is 1. The molecule has 0 radical (unpaired) electrons. The maximum absolute atomic E-state index is 5.65. The zero-order valence-electron chi connectivity index (χ0n) is 11.0. The molecule has 2 aromatic rings. The van der Waals surface area contributed by atoms with Crippen LogP contribution in [0.15, 0.2) is 42.6 Å². The Morgan fingerprint density at radius 2 is 1.84 bits per heavy atom. The van der Waals surface area contributed by atoms with Crippen molar-refractivity contribution in [2.75, 3.05) is 14.2 Å². The zero-order chi connectivity index (χ0) is 13.7. The van der Waals surface area contributed by atoms with Crippen LogP contribution in [0.1, 0.15) is 17.3 Å². The Bertz CT molecular complexity index is 528. The molecule has 0 amide bonds. The van der Waals surface area contributed by atoms with Crippen molar-refractivity contribution in [1.29, 1.82) is 0 Å². The van der Waals surface area contributed by atoms with Gasteiger partial charge in [-0.15, -0.1) is 0 Å². The zero-order valence-corrected chi connectivity index (χ0v) is 11.0. The van der Waals surface area contributed by atoms with Gasteiger partial charge in [0.1, 0.15) is 17.2 Å². The lowest BCUT2D eigenvalue weighted by molar-refractivity contribution is 0.400. The van der Waals surface area contributed by atoms with E-state index < -0.39 is 0 Å². The number of ether oxygens (including phenoxy) is 2. The van der Waals surface area contributed by atoms with Gasteiger partial charge in [0.15, 0.2) is 0 Å². The van der Waals surface area contributed by atoms with Crippen LogP contribution in [0.4, 0.5) is 0 Å². The number of aromatic nitrogens is 1. The molecular formula is C14H17N3O2. The maximum atomic E-state index is 5.65. The van der Waals surface area contributed by atoms with Gasteiger partial charge in [-0.05, 0) is 29.8 Å². The van der Waals surface area contributed by atoms with Crippen LogP contribution in [0, 0.1) is 0 Å². The molecule has 1 aromatic carbocycles. The Balaban J connectivity index is 2.37. The molecule has 0 fully saturated rings. The number of hydrogen-bond acceptors (Lipinski definition) is 5. The summed E-state index contributed by atoms with van der Waals surface area (Å²) in [5, 5.41) is 0. The van der Waals surface area contributed by atoms with Crippen LogP contribution in [-0.2, 0) is 0 Å².